The number of benzene rings is 2. The average molecular weight is 338 g/mol. The summed E-state index contributed by atoms with van der Waals surface area (Å²) in [5.41, 5.74) is 2.46. The van der Waals surface area contributed by atoms with Crippen molar-refractivity contribution in [2.75, 3.05) is 0 Å². The molecule has 24 heavy (non-hydrogen) atoms. The molecule has 5 nitrogen and oxygen atoms in total. The van der Waals surface area contributed by atoms with Gasteiger partial charge in [-0.3, -0.25) is 10.1 Å². The maximum atomic E-state index is 12.4. The van der Waals surface area contributed by atoms with Crippen LogP contribution in [0.15, 0.2) is 54.7 Å². The molecule has 2 aromatic carbocycles. The number of nitrogens with one attached hydrogen (secondary N) is 1. The lowest BCUT2D eigenvalue weighted by atomic mass is 10.1. The van der Waals surface area contributed by atoms with Gasteiger partial charge in [-0.15, -0.1) is 0 Å². The molecule has 2 heterocycles. The molecule has 0 aliphatic rings. The van der Waals surface area contributed by atoms with E-state index in [0.29, 0.717) is 10.6 Å². The molecule has 0 saturated heterocycles. The zero-order valence-corrected chi connectivity index (χ0v) is 13.2. The molecule has 0 amide bonds. The van der Waals surface area contributed by atoms with Gasteiger partial charge in [0.15, 0.2) is 5.69 Å². The van der Waals surface area contributed by atoms with Crippen LogP contribution in [0.25, 0.3) is 21.8 Å². The highest BCUT2D eigenvalue weighted by Crippen LogP contribution is 2.26. The smallest absolute Gasteiger partial charge is 0.359 e. The third-order valence-electron chi connectivity index (χ3n) is 3.83. The predicted octanol–water partition coefficient (Wildman–Crippen LogP) is 4.12. The first kappa shape index (κ1) is 14.7. The van der Waals surface area contributed by atoms with Gasteiger partial charge in [-0.2, -0.15) is 5.10 Å². The Morgan fingerprint density at radius 1 is 1.12 bits per heavy atom. The Hall–Kier alpha value is -2.92. The number of para-hydroxylation sites is 1. The summed E-state index contributed by atoms with van der Waals surface area (Å²) in [5, 5.41) is 9.05. The number of nitrogens with zero attached hydrogens (tertiary/aromatic N) is 2. The Balaban J connectivity index is 1.63. The second-order valence-corrected chi connectivity index (χ2v) is 5.70. The zero-order valence-electron chi connectivity index (χ0n) is 12.5. The van der Waals surface area contributed by atoms with Crippen molar-refractivity contribution in [2.24, 2.45) is 0 Å². The molecule has 0 unspecified atom stereocenters. The molecule has 118 valence electrons. The van der Waals surface area contributed by atoms with E-state index in [1.165, 1.54) is 0 Å². The molecule has 2 aromatic heterocycles. The van der Waals surface area contributed by atoms with Gasteiger partial charge in [-0.25, -0.2) is 4.79 Å². The van der Waals surface area contributed by atoms with Crippen LogP contribution in [0.2, 0.25) is 5.02 Å². The third-order valence-corrected chi connectivity index (χ3v) is 4.19. The fourth-order valence-electron chi connectivity index (χ4n) is 2.64. The van der Waals surface area contributed by atoms with E-state index in [0.717, 1.165) is 21.8 Å². The Bertz CT molecular complexity index is 1060. The maximum Gasteiger partial charge on any atom is 0.359 e. The molecular formula is C18H12ClN3O2. The summed E-state index contributed by atoms with van der Waals surface area (Å²) >= 11 is 6.25. The fraction of sp³-hybridized carbons (Fsp3) is 0.0556. The van der Waals surface area contributed by atoms with Gasteiger partial charge >= 0.3 is 5.97 Å². The highest BCUT2D eigenvalue weighted by atomic mass is 35.5. The average Bonchev–Trinajstić information content (AvgIpc) is 3.05. The molecule has 0 radical (unpaired) electrons. The molecule has 0 bridgehead atoms. The number of aromatic amines is 1. The van der Waals surface area contributed by atoms with Gasteiger partial charge in [0.25, 0.3) is 0 Å². The quantitative estimate of drug-likeness (QED) is 0.571. The van der Waals surface area contributed by atoms with Crippen molar-refractivity contribution >= 4 is 39.4 Å². The Labute approximate surface area is 142 Å². The number of halogens is 1. The number of carbonyl (C=O) groups is 1. The number of H-pyrrole nitrogens is 1. The van der Waals surface area contributed by atoms with Gasteiger partial charge in [0.2, 0.25) is 0 Å². The highest BCUT2D eigenvalue weighted by Gasteiger charge is 2.17. The number of ether oxygens (including phenoxy) is 1. The van der Waals surface area contributed by atoms with E-state index in [1.54, 1.807) is 12.3 Å². The van der Waals surface area contributed by atoms with Crippen LogP contribution in [0, 0.1) is 0 Å². The predicted molar refractivity (Wildman–Crippen MR) is 92.0 cm³/mol. The van der Waals surface area contributed by atoms with Gasteiger partial charge in [-0.05, 0) is 18.2 Å². The third kappa shape index (κ3) is 2.49. The number of pyridine rings is 1. The molecule has 0 aliphatic heterocycles. The standard InChI is InChI=1S/C18H12ClN3O2/c19-14-8-7-11-4-3-9-20-16(11)13(14)10-24-18(23)17-12-5-1-2-6-15(12)21-22-17/h1-9H,10H2,(H,21,22). The van der Waals surface area contributed by atoms with Gasteiger partial charge in [-0.1, -0.05) is 41.9 Å². The van der Waals surface area contributed by atoms with E-state index >= 15 is 0 Å². The maximum absolute atomic E-state index is 12.4. The van der Waals surface area contributed by atoms with Crippen LogP contribution in [-0.2, 0) is 11.3 Å². The number of hydrogen-bond acceptors (Lipinski definition) is 4. The first-order valence-electron chi connectivity index (χ1n) is 7.36. The number of rotatable bonds is 3. The van der Waals surface area contributed by atoms with Crippen LogP contribution in [0.1, 0.15) is 16.1 Å². The lowest BCUT2D eigenvalue weighted by Crippen LogP contribution is -2.07. The zero-order chi connectivity index (χ0) is 16.5. The van der Waals surface area contributed by atoms with Crippen molar-refractivity contribution < 1.29 is 9.53 Å². The summed E-state index contributed by atoms with van der Waals surface area (Å²) in [4.78, 5) is 16.7. The summed E-state index contributed by atoms with van der Waals surface area (Å²) in [6.07, 6.45) is 1.69. The molecule has 0 fully saturated rings. The summed E-state index contributed by atoms with van der Waals surface area (Å²) in [7, 11) is 0. The van der Waals surface area contributed by atoms with Gasteiger partial charge in [0, 0.05) is 27.6 Å². The van der Waals surface area contributed by atoms with Crippen LogP contribution in [-0.4, -0.2) is 21.2 Å². The van der Waals surface area contributed by atoms with Gasteiger partial charge in [0.1, 0.15) is 6.61 Å². The second kappa shape index (κ2) is 5.94. The minimum atomic E-state index is -0.503. The SMILES string of the molecule is O=C(OCc1c(Cl)ccc2cccnc12)c1n[nH]c2ccccc12. The van der Waals surface area contributed by atoms with Crippen molar-refractivity contribution in [3.8, 4) is 0 Å². The highest BCUT2D eigenvalue weighted by molar-refractivity contribution is 6.32. The van der Waals surface area contributed by atoms with E-state index in [2.05, 4.69) is 15.2 Å². The van der Waals surface area contributed by atoms with Gasteiger partial charge in [0.05, 0.1) is 11.0 Å². The van der Waals surface area contributed by atoms with Crippen molar-refractivity contribution in [2.45, 2.75) is 6.61 Å². The lowest BCUT2D eigenvalue weighted by Gasteiger charge is -2.08. The first-order valence-corrected chi connectivity index (χ1v) is 7.74. The van der Waals surface area contributed by atoms with E-state index in [1.807, 2.05) is 42.5 Å². The molecule has 0 aliphatic carbocycles. The van der Waals surface area contributed by atoms with Crippen LogP contribution < -0.4 is 0 Å². The van der Waals surface area contributed by atoms with Crippen molar-refractivity contribution in [1.29, 1.82) is 0 Å². The fourth-order valence-corrected chi connectivity index (χ4v) is 2.85. The molecule has 4 rings (SSSR count). The molecule has 0 saturated carbocycles. The number of esters is 1. The van der Waals surface area contributed by atoms with Gasteiger partial charge < -0.3 is 4.74 Å². The van der Waals surface area contributed by atoms with Crippen LogP contribution in [0.5, 0.6) is 0 Å². The molecular weight excluding hydrogens is 326 g/mol. The molecule has 6 heteroatoms. The molecule has 4 aromatic rings. The van der Waals surface area contributed by atoms with E-state index in [4.69, 9.17) is 16.3 Å². The van der Waals surface area contributed by atoms with Crippen LogP contribution in [0.3, 0.4) is 0 Å². The van der Waals surface area contributed by atoms with Crippen LogP contribution >= 0.6 is 11.6 Å². The Morgan fingerprint density at radius 2 is 2.00 bits per heavy atom. The second-order valence-electron chi connectivity index (χ2n) is 5.29. The molecule has 0 atom stereocenters. The number of aromatic nitrogens is 3. The Kier molecular flexibility index (Phi) is 3.63. The van der Waals surface area contributed by atoms with Crippen molar-refractivity contribution in [3.63, 3.8) is 0 Å². The van der Waals surface area contributed by atoms with E-state index < -0.39 is 5.97 Å². The summed E-state index contributed by atoms with van der Waals surface area (Å²) in [6, 6.07) is 14.8. The summed E-state index contributed by atoms with van der Waals surface area (Å²) < 4.78 is 5.42. The van der Waals surface area contributed by atoms with Crippen molar-refractivity contribution in [1.82, 2.24) is 15.2 Å². The largest absolute Gasteiger partial charge is 0.456 e. The van der Waals surface area contributed by atoms with Crippen molar-refractivity contribution in [3.05, 3.63) is 71.0 Å². The monoisotopic (exact) mass is 337 g/mol. The molecule has 1 N–H and O–H groups in total. The first-order chi connectivity index (χ1) is 11.7. The van der Waals surface area contributed by atoms with Crippen LogP contribution in [0.4, 0.5) is 0 Å². The van der Waals surface area contributed by atoms with E-state index in [9.17, 15) is 4.79 Å². The lowest BCUT2D eigenvalue weighted by molar-refractivity contribution is 0.0469. The van der Waals surface area contributed by atoms with E-state index in [-0.39, 0.29) is 12.3 Å². The summed E-state index contributed by atoms with van der Waals surface area (Å²) in [5.74, 6) is -0.503. The minimum absolute atomic E-state index is 0.0349. The number of fused-ring (bicyclic) bond motifs is 2. The number of carbonyl (C=O) groups excluding carboxylic acids is 1. The Morgan fingerprint density at radius 3 is 2.92 bits per heavy atom. The topological polar surface area (TPSA) is 67.9 Å². The summed E-state index contributed by atoms with van der Waals surface area (Å²) in [6.45, 7) is 0.0349. The minimum Gasteiger partial charge on any atom is -0.456 e. The molecule has 0 spiro atoms. The normalized spacial score (nSPS) is 11.0. The number of hydrogen-bond donors (Lipinski definition) is 1.